The lowest BCUT2D eigenvalue weighted by Gasteiger charge is -2.23. The van der Waals surface area contributed by atoms with Gasteiger partial charge in [-0.1, -0.05) is 58.4 Å². The second kappa shape index (κ2) is 4.60. The highest BCUT2D eigenvalue weighted by Crippen LogP contribution is 2.38. The summed E-state index contributed by atoms with van der Waals surface area (Å²) in [7, 11) is 0. The predicted octanol–water partition coefficient (Wildman–Crippen LogP) is 3.59. The molecular weight excluding hydrogens is 308 g/mol. The van der Waals surface area contributed by atoms with Gasteiger partial charge in [-0.25, -0.2) is 0 Å². The maximum atomic E-state index is 3.58. The minimum absolute atomic E-state index is 0.232. The Hall–Kier alpha value is -1.34. The number of hydrogen-bond acceptors (Lipinski definition) is 0. The quantitative estimate of drug-likeness (QED) is 0.694. The van der Waals surface area contributed by atoms with Crippen molar-refractivity contribution in [3.63, 3.8) is 0 Å². The van der Waals surface area contributed by atoms with Crippen LogP contribution in [0.25, 0.3) is 12.2 Å². The van der Waals surface area contributed by atoms with Crippen LogP contribution in [0.4, 0.5) is 0 Å². The first-order chi connectivity index (χ1) is 9.74. The van der Waals surface area contributed by atoms with Gasteiger partial charge in [-0.05, 0) is 59.4 Å². The van der Waals surface area contributed by atoms with E-state index < -0.39 is 0 Å². The molecule has 0 heterocycles. The van der Waals surface area contributed by atoms with Crippen molar-refractivity contribution in [2.24, 2.45) is 5.41 Å². The lowest BCUT2D eigenvalue weighted by atomic mass is 9.80. The van der Waals surface area contributed by atoms with E-state index in [9.17, 15) is 0 Å². The molecule has 2 aliphatic carbocycles. The molecule has 0 bridgehead atoms. The number of halogens is 1. The average Bonchev–Trinajstić information content (AvgIpc) is 2.67. The molecule has 4 rings (SSSR count). The van der Waals surface area contributed by atoms with Crippen LogP contribution in [0.5, 0.6) is 0 Å². The number of hydrogen-bond donors (Lipinski definition) is 0. The van der Waals surface area contributed by atoms with Crippen LogP contribution in [-0.2, 0) is 12.8 Å². The highest BCUT2D eigenvalue weighted by atomic mass is 79.9. The molecule has 1 atom stereocenters. The van der Waals surface area contributed by atoms with Crippen molar-refractivity contribution in [2.75, 3.05) is 0 Å². The van der Waals surface area contributed by atoms with Crippen molar-refractivity contribution in [3.05, 3.63) is 68.5 Å². The largest absolute Gasteiger partial charge is 0.0663 e. The number of benzene rings is 2. The van der Waals surface area contributed by atoms with E-state index >= 15 is 0 Å². The van der Waals surface area contributed by atoms with Crippen LogP contribution in [-0.4, -0.2) is 0 Å². The highest BCUT2D eigenvalue weighted by molar-refractivity contribution is 9.10. The van der Waals surface area contributed by atoms with Crippen LogP contribution >= 0.6 is 15.9 Å². The van der Waals surface area contributed by atoms with Gasteiger partial charge in [0.1, 0.15) is 0 Å². The van der Waals surface area contributed by atoms with E-state index in [0.29, 0.717) is 0 Å². The summed E-state index contributed by atoms with van der Waals surface area (Å²) in [5, 5.41) is 2.78. The summed E-state index contributed by atoms with van der Waals surface area (Å²) >= 11 is 3.58. The number of rotatable bonds is 0. The standard InChI is InChI=1S/C19H17Br/c20-18-8-7-16-12-19(13-17(16)10-18)9-3-6-14-4-1-2-5-15(14)11-19/h1-2,4-5,7-8,10,12-13H,3,6,9,11H2. The lowest BCUT2D eigenvalue weighted by Crippen LogP contribution is -2.19. The van der Waals surface area contributed by atoms with Gasteiger partial charge in [0.25, 0.3) is 0 Å². The van der Waals surface area contributed by atoms with Crippen LogP contribution in [0, 0.1) is 5.41 Å². The number of fused-ring (bicyclic) bond motifs is 2. The van der Waals surface area contributed by atoms with Crippen molar-refractivity contribution in [2.45, 2.75) is 25.7 Å². The lowest BCUT2D eigenvalue weighted by molar-refractivity contribution is 0.508. The van der Waals surface area contributed by atoms with Crippen LogP contribution in [0.2, 0.25) is 0 Å². The molecule has 20 heavy (non-hydrogen) atoms. The Bertz CT molecular complexity index is 788. The molecule has 2 aromatic rings. The van der Waals surface area contributed by atoms with Crippen LogP contribution < -0.4 is 10.4 Å². The van der Waals surface area contributed by atoms with Gasteiger partial charge in [0.05, 0.1) is 0 Å². The molecule has 0 aliphatic heterocycles. The normalized spacial score (nSPS) is 23.4. The zero-order valence-corrected chi connectivity index (χ0v) is 13.0. The molecule has 0 fully saturated rings. The zero-order chi connectivity index (χ0) is 13.6. The third kappa shape index (κ3) is 2.05. The molecule has 0 saturated heterocycles. The fourth-order valence-corrected chi connectivity index (χ4v) is 4.11. The Kier molecular flexibility index (Phi) is 2.85. The summed E-state index contributed by atoms with van der Waals surface area (Å²) in [4.78, 5) is 0. The third-order valence-corrected chi connectivity index (χ3v) is 5.15. The van der Waals surface area contributed by atoms with E-state index in [2.05, 4.69) is 70.5 Å². The van der Waals surface area contributed by atoms with Gasteiger partial charge in [-0.3, -0.25) is 0 Å². The fourth-order valence-electron chi connectivity index (χ4n) is 3.73. The Morgan fingerprint density at radius 1 is 0.900 bits per heavy atom. The molecule has 0 amide bonds. The van der Waals surface area contributed by atoms with E-state index in [1.807, 2.05) is 0 Å². The van der Waals surface area contributed by atoms with Crippen molar-refractivity contribution in [1.29, 1.82) is 0 Å². The molecule has 2 aromatic carbocycles. The molecule has 100 valence electrons. The van der Waals surface area contributed by atoms with Crippen molar-refractivity contribution < 1.29 is 0 Å². The van der Waals surface area contributed by atoms with E-state index in [1.54, 1.807) is 5.56 Å². The van der Waals surface area contributed by atoms with Gasteiger partial charge in [-0.2, -0.15) is 0 Å². The molecule has 1 heteroatoms. The van der Waals surface area contributed by atoms with Gasteiger partial charge < -0.3 is 0 Å². The van der Waals surface area contributed by atoms with Gasteiger partial charge in [0, 0.05) is 9.89 Å². The molecule has 0 N–H and O–H groups in total. The number of aryl methyl sites for hydroxylation is 1. The minimum Gasteiger partial charge on any atom is -0.0663 e. The van der Waals surface area contributed by atoms with Crippen molar-refractivity contribution in [1.82, 2.24) is 0 Å². The second-order valence-electron chi connectivity index (χ2n) is 6.09. The second-order valence-corrected chi connectivity index (χ2v) is 7.01. The highest BCUT2D eigenvalue weighted by Gasteiger charge is 2.30. The Balaban J connectivity index is 1.84. The SMILES string of the molecule is Brc1ccc2c(c1)=CC1(C=2)CCCc2ccccc2C1. The molecule has 2 aliphatic rings. The zero-order valence-electron chi connectivity index (χ0n) is 11.4. The summed E-state index contributed by atoms with van der Waals surface area (Å²) in [5.74, 6) is 0. The van der Waals surface area contributed by atoms with Gasteiger partial charge in [-0.15, -0.1) is 0 Å². The topological polar surface area (TPSA) is 0 Å². The third-order valence-electron chi connectivity index (χ3n) is 4.66. The molecule has 1 spiro atoms. The van der Waals surface area contributed by atoms with E-state index in [4.69, 9.17) is 0 Å². The van der Waals surface area contributed by atoms with Crippen LogP contribution in [0.3, 0.4) is 0 Å². The first-order valence-electron chi connectivity index (χ1n) is 7.32. The first-order valence-corrected chi connectivity index (χ1v) is 8.12. The fraction of sp³-hybridized carbons (Fsp3) is 0.263. The van der Waals surface area contributed by atoms with E-state index in [1.165, 1.54) is 39.7 Å². The first kappa shape index (κ1) is 12.4. The van der Waals surface area contributed by atoms with Crippen LogP contribution in [0.15, 0.2) is 46.9 Å². The van der Waals surface area contributed by atoms with Gasteiger partial charge in [0.15, 0.2) is 0 Å². The molecular formula is C19H17Br. The molecule has 0 radical (unpaired) electrons. The summed E-state index contributed by atoms with van der Waals surface area (Å²) < 4.78 is 1.17. The van der Waals surface area contributed by atoms with E-state index in [0.717, 1.165) is 6.42 Å². The Labute approximate surface area is 128 Å². The maximum absolute atomic E-state index is 3.58. The average molecular weight is 325 g/mol. The summed E-state index contributed by atoms with van der Waals surface area (Å²) in [6, 6.07) is 15.6. The van der Waals surface area contributed by atoms with Gasteiger partial charge >= 0.3 is 0 Å². The van der Waals surface area contributed by atoms with E-state index in [-0.39, 0.29) is 5.41 Å². The predicted molar refractivity (Wildman–Crippen MR) is 87.8 cm³/mol. The summed E-state index contributed by atoms with van der Waals surface area (Å²) in [6.45, 7) is 0. The van der Waals surface area contributed by atoms with Crippen molar-refractivity contribution in [3.8, 4) is 0 Å². The minimum atomic E-state index is 0.232. The summed E-state index contributed by atoms with van der Waals surface area (Å²) in [6.07, 6.45) is 9.90. The van der Waals surface area contributed by atoms with Crippen molar-refractivity contribution >= 4 is 28.1 Å². The maximum Gasteiger partial charge on any atom is 0.0181 e. The Morgan fingerprint density at radius 2 is 1.70 bits per heavy atom. The Morgan fingerprint density at radius 3 is 2.60 bits per heavy atom. The molecule has 0 aromatic heterocycles. The molecule has 0 nitrogen and oxygen atoms in total. The smallest absolute Gasteiger partial charge is 0.0181 e. The molecule has 0 saturated carbocycles. The van der Waals surface area contributed by atoms with Gasteiger partial charge in [0.2, 0.25) is 0 Å². The monoisotopic (exact) mass is 324 g/mol. The summed E-state index contributed by atoms with van der Waals surface area (Å²) in [5.41, 5.74) is 3.31. The molecule has 1 unspecified atom stereocenters. The van der Waals surface area contributed by atoms with Crippen LogP contribution in [0.1, 0.15) is 24.0 Å².